The van der Waals surface area contributed by atoms with Gasteiger partial charge in [0, 0.05) is 37.4 Å². The summed E-state index contributed by atoms with van der Waals surface area (Å²) in [5.74, 6) is -0.0587. The second-order valence-corrected chi connectivity index (χ2v) is 7.11. The second-order valence-electron chi connectivity index (χ2n) is 7.11. The Morgan fingerprint density at radius 1 is 1.19 bits per heavy atom. The molecule has 2 aromatic carbocycles. The van der Waals surface area contributed by atoms with Gasteiger partial charge in [-0.05, 0) is 49.6 Å². The summed E-state index contributed by atoms with van der Waals surface area (Å²) < 4.78 is 5.10. The third kappa shape index (κ3) is 4.55. The number of hydrogen-bond donors (Lipinski definition) is 1. The molecule has 3 rings (SSSR count). The molecular weight excluding hydrogens is 340 g/mol. The van der Waals surface area contributed by atoms with Crippen LogP contribution in [-0.4, -0.2) is 38.1 Å². The monoisotopic (exact) mass is 366 g/mol. The molecule has 27 heavy (non-hydrogen) atoms. The Labute approximate surface area is 160 Å². The van der Waals surface area contributed by atoms with Crippen LogP contribution in [0, 0.1) is 6.92 Å². The van der Waals surface area contributed by atoms with Gasteiger partial charge in [-0.15, -0.1) is 0 Å². The highest BCUT2D eigenvalue weighted by atomic mass is 16.5. The third-order valence-electron chi connectivity index (χ3n) is 4.74. The van der Waals surface area contributed by atoms with Crippen molar-refractivity contribution in [2.45, 2.75) is 32.7 Å². The molecule has 1 aliphatic heterocycles. The van der Waals surface area contributed by atoms with Crippen LogP contribution in [0.5, 0.6) is 0 Å². The minimum atomic E-state index is -0.165. The Balaban J connectivity index is 1.98. The van der Waals surface area contributed by atoms with Gasteiger partial charge in [-0.1, -0.05) is 29.8 Å². The molecule has 5 nitrogen and oxygen atoms in total. The van der Waals surface area contributed by atoms with Crippen molar-refractivity contribution in [3.05, 3.63) is 53.6 Å². The van der Waals surface area contributed by atoms with E-state index in [4.69, 9.17) is 4.74 Å². The van der Waals surface area contributed by atoms with Crippen LogP contribution in [-0.2, 0) is 9.53 Å². The van der Waals surface area contributed by atoms with Crippen molar-refractivity contribution in [3.8, 4) is 11.1 Å². The zero-order valence-electron chi connectivity index (χ0n) is 16.1. The molecule has 1 aliphatic rings. The summed E-state index contributed by atoms with van der Waals surface area (Å²) in [6.45, 7) is 5.08. The highest BCUT2D eigenvalue weighted by Gasteiger charge is 2.23. The quantitative estimate of drug-likeness (QED) is 0.850. The first-order valence-corrected chi connectivity index (χ1v) is 9.30. The number of nitrogens with zero attached hydrogens (tertiary/aromatic N) is 1. The van der Waals surface area contributed by atoms with E-state index in [0.717, 1.165) is 23.2 Å². The molecule has 1 saturated heterocycles. The van der Waals surface area contributed by atoms with E-state index in [0.29, 0.717) is 25.1 Å². The van der Waals surface area contributed by atoms with Crippen LogP contribution >= 0.6 is 0 Å². The molecule has 1 fully saturated rings. The molecular formula is C22H26N2O3. The van der Waals surface area contributed by atoms with Crippen LogP contribution in [0.4, 0.5) is 5.69 Å². The number of aryl methyl sites for hydroxylation is 1. The van der Waals surface area contributed by atoms with E-state index in [-0.39, 0.29) is 17.9 Å². The Morgan fingerprint density at radius 3 is 2.56 bits per heavy atom. The summed E-state index contributed by atoms with van der Waals surface area (Å²) >= 11 is 0. The van der Waals surface area contributed by atoms with Gasteiger partial charge in [0.1, 0.15) is 0 Å². The smallest absolute Gasteiger partial charge is 0.251 e. The van der Waals surface area contributed by atoms with Gasteiger partial charge in [0.05, 0.1) is 6.61 Å². The van der Waals surface area contributed by atoms with Gasteiger partial charge in [0.2, 0.25) is 5.91 Å². The minimum absolute atomic E-state index is 0.0950. The van der Waals surface area contributed by atoms with Gasteiger partial charge < -0.3 is 15.0 Å². The maximum Gasteiger partial charge on any atom is 0.251 e. The molecule has 0 spiro atoms. The zero-order chi connectivity index (χ0) is 19.4. The van der Waals surface area contributed by atoms with Crippen LogP contribution in [0.3, 0.4) is 0 Å². The first kappa shape index (κ1) is 19.1. The minimum Gasteiger partial charge on any atom is -0.383 e. The third-order valence-corrected chi connectivity index (χ3v) is 4.74. The van der Waals surface area contributed by atoms with E-state index < -0.39 is 0 Å². The van der Waals surface area contributed by atoms with Gasteiger partial charge in [0.25, 0.3) is 5.91 Å². The molecule has 2 aromatic rings. The average Bonchev–Trinajstić information content (AvgIpc) is 3.08. The van der Waals surface area contributed by atoms with Gasteiger partial charge in [-0.2, -0.15) is 0 Å². The van der Waals surface area contributed by atoms with Crippen LogP contribution in [0.1, 0.15) is 35.7 Å². The van der Waals surface area contributed by atoms with Crippen LogP contribution < -0.4 is 10.2 Å². The van der Waals surface area contributed by atoms with Crippen molar-refractivity contribution in [2.24, 2.45) is 0 Å². The fourth-order valence-corrected chi connectivity index (χ4v) is 3.33. The Hall–Kier alpha value is -2.66. The fourth-order valence-electron chi connectivity index (χ4n) is 3.33. The zero-order valence-corrected chi connectivity index (χ0v) is 16.1. The number of rotatable bonds is 6. The van der Waals surface area contributed by atoms with E-state index in [1.165, 1.54) is 5.56 Å². The standard InChI is InChI=1S/C22H26N2O3/c1-15-6-8-17(9-7-15)18-11-19(22(26)23-16(2)14-27-3)13-20(12-18)24-10-4-5-21(24)25/h6-9,11-13,16H,4-5,10,14H2,1-3H3,(H,23,26). The number of anilines is 1. The van der Waals surface area contributed by atoms with Crippen molar-refractivity contribution in [1.82, 2.24) is 5.32 Å². The summed E-state index contributed by atoms with van der Waals surface area (Å²) in [4.78, 5) is 26.7. The van der Waals surface area contributed by atoms with E-state index in [1.54, 1.807) is 18.1 Å². The SMILES string of the molecule is COCC(C)NC(=O)c1cc(-c2ccc(C)cc2)cc(N2CCCC2=O)c1. The second kappa shape index (κ2) is 8.35. The van der Waals surface area contributed by atoms with Crippen molar-refractivity contribution in [3.63, 3.8) is 0 Å². The molecule has 5 heteroatoms. The number of amides is 2. The molecule has 0 aliphatic carbocycles. The van der Waals surface area contributed by atoms with Gasteiger partial charge in [-0.25, -0.2) is 0 Å². The number of hydrogen-bond acceptors (Lipinski definition) is 3. The first-order valence-electron chi connectivity index (χ1n) is 9.30. The maximum absolute atomic E-state index is 12.7. The number of nitrogens with one attached hydrogen (secondary N) is 1. The molecule has 1 heterocycles. The van der Waals surface area contributed by atoms with Gasteiger partial charge in [-0.3, -0.25) is 9.59 Å². The lowest BCUT2D eigenvalue weighted by atomic mass is 10.00. The fraction of sp³-hybridized carbons (Fsp3) is 0.364. The predicted molar refractivity (Wildman–Crippen MR) is 107 cm³/mol. The normalized spacial score (nSPS) is 15.1. The summed E-state index contributed by atoms with van der Waals surface area (Å²) in [6.07, 6.45) is 1.40. The number of carbonyl (C=O) groups excluding carboxylic acids is 2. The molecule has 1 atom stereocenters. The lowest BCUT2D eigenvalue weighted by Crippen LogP contribution is -2.35. The molecule has 0 aromatic heterocycles. The van der Waals surface area contributed by atoms with E-state index in [2.05, 4.69) is 5.32 Å². The Morgan fingerprint density at radius 2 is 1.93 bits per heavy atom. The summed E-state index contributed by atoms with van der Waals surface area (Å²) in [5.41, 5.74) is 4.45. The highest BCUT2D eigenvalue weighted by molar-refractivity contribution is 6.00. The molecule has 2 amide bonds. The largest absolute Gasteiger partial charge is 0.383 e. The van der Waals surface area contributed by atoms with Crippen molar-refractivity contribution in [1.29, 1.82) is 0 Å². The molecule has 0 bridgehead atoms. The number of ether oxygens (including phenoxy) is 1. The average molecular weight is 366 g/mol. The summed E-state index contributed by atoms with van der Waals surface area (Å²) in [7, 11) is 1.61. The number of methoxy groups -OCH3 is 1. The molecule has 0 radical (unpaired) electrons. The molecule has 1 unspecified atom stereocenters. The predicted octanol–water partition coefficient (Wildman–Crippen LogP) is 3.55. The molecule has 142 valence electrons. The highest BCUT2D eigenvalue weighted by Crippen LogP contribution is 2.29. The van der Waals surface area contributed by atoms with E-state index in [1.807, 2.05) is 50.2 Å². The number of carbonyl (C=O) groups is 2. The first-order chi connectivity index (χ1) is 13.0. The van der Waals surface area contributed by atoms with Gasteiger partial charge >= 0.3 is 0 Å². The lowest BCUT2D eigenvalue weighted by molar-refractivity contribution is -0.117. The van der Waals surface area contributed by atoms with Crippen molar-refractivity contribution in [2.75, 3.05) is 25.2 Å². The summed E-state index contributed by atoms with van der Waals surface area (Å²) in [6, 6.07) is 13.7. The van der Waals surface area contributed by atoms with E-state index in [9.17, 15) is 9.59 Å². The lowest BCUT2D eigenvalue weighted by Gasteiger charge is -2.19. The van der Waals surface area contributed by atoms with Gasteiger partial charge in [0.15, 0.2) is 0 Å². The van der Waals surface area contributed by atoms with Crippen molar-refractivity contribution >= 4 is 17.5 Å². The number of benzene rings is 2. The molecule has 1 N–H and O–H groups in total. The molecule has 0 saturated carbocycles. The van der Waals surface area contributed by atoms with Crippen molar-refractivity contribution < 1.29 is 14.3 Å². The van der Waals surface area contributed by atoms with Crippen LogP contribution in [0.25, 0.3) is 11.1 Å². The Kier molecular flexibility index (Phi) is 5.91. The maximum atomic E-state index is 12.7. The van der Waals surface area contributed by atoms with Crippen LogP contribution in [0.2, 0.25) is 0 Å². The summed E-state index contributed by atoms with van der Waals surface area (Å²) in [5, 5.41) is 2.95. The van der Waals surface area contributed by atoms with E-state index >= 15 is 0 Å². The topological polar surface area (TPSA) is 58.6 Å². The Bertz CT molecular complexity index is 830. The van der Waals surface area contributed by atoms with Crippen LogP contribution in [0.15, 0.2) is 42.5 Å².